The van der Waals surface area contributed by atoms with E-state index in [0.717, 1.165) is 38.2 Å². The van der Waals surface area contributed by atoms with Gasteiger partial charge < -0.3 is 9.84 Å². The van der Waals surface area contributed by atoms with Crippen molar-refractivity contribution >= 4 is 33.2 Å². The number of aliphatic hydroxyl groups is 1. The first-order valence-corrected chi connectivity index (χ1v) is 12.6. The van der Waals surface area contributed by atoms with Gasteiger partial charge >= 0.3 is 11.9 Å². The fourth-order valence-corrected chi connectivity index (χ4v) is 5.74. The van der Waals surface area contributed by atoms with Gasteiger partial charge in [-0.2, -0.15) is 13.2 Å². The lowest BCUT2D eigenvalue weighted by Gasteiger charge is -2.33. The second-order valence-electron chi connectivity index (χ2n) is 9.02. The number of aromatic nitrogens is 3. The van der Waals surface area contributed by atoms with Gasteiger partial charge in [0.2, 0.25) is 0 Å². The molecule has 0 radical (unpaired) electrons. The summed E-state index contributed by atoms with van der Waals surface area (Å²) in [7, 11) is 0. The Morgan fingerprint density at radius 3 is 2.65 bits per heavy atom. The normalized spacial score (nSPS) is 17.7. The minimum atomic E-state index is -4.60. The Balaban J connectivity index is 1.55. The Bertz CT molecular complexity index is 1610. The lowest BCUT2D eigenvalue weighted by molar-refractivity contribution is -0.141. The molecule has 5 rings (SSSR count). The molecule has 3 aromatic heterocycles. The number of nitrogens with zero attached hydrogens (tertiary/aromatic N) is 3. The van der Waals surface area contributed by atoms with Crippen molar-refractivity contribution < 1.29 is 23.0 Å². The zero-order valence-corrected chi connectivity index (χ0v) is 21.0. The summed E-state index contributed by atoms with van der Waals surface area (Å²) in [4.78, 5) is 29.9. The number of pyridine rings is 1. The monoisotopic (exact) mass is 551 g/mol. The lowest BCUT2D eigenvalue weighted by atomic mass is 9.92. The van der Waals surface area contributed by atoms with E-state index in [9.17, 15) is 27.9 Å². The predicted octanol–water partition coefficient (Wildman–Crippen LogP) is 4.76. The maximum atomic E-state index is 12.9. The van der Waals surface area contributed by atoms with Crippen molar-refractivity contribution in [3.63, 3.8) is 0 Å². The van der Waals surface area contributed by atoms with Crippen LogP contribution in [0.2, 0.25) is 5.02 Å². The van der Waals surface area contributed by atoms with Gasteiger partial charge in [-0.15, -0.1) is 11.3 Å². The molecule has 7 nitrogen and oxygen atoms in total. The molecule has 1 fully saturated rings. The second kappa shape index (κ2) is 9.62. The maximum Gasteiger partial charge on any atom is 0.406 e. The molecule has 1 saturated carbocycles. The van der Waals surface area contributed by atoms with E-state index in [1.54, 1.807) is 30.5 Å². The van der Waals surface area contributed by atoms with Crippen molar-refractivity contribution in [1.29, 1.82) is 0 Å². The molecule has 0 bridgehead atoms. The van der Waals surface area contributed by atoms with Crippen molar-refractivity contribution in [3.05, 3.63) is 79.0 Å². The summed E-state index contributed by atoms with van der Waals surface area (Å²) in [5.41, 5.74) is 1.19. The number of thiophene rings is 1. The summed E-state index contributed by atoms with van der Waals surface area (Å²) in [6.45, 7) is 0.194. The topological polar surface area (TPSA) is 86.4 Å². The van der Waals surface area contributed by atoms with E-state index in [-0.39, 0.29) is 18.8 Å². The number of benzene rings is 1. The smallest absolute Gasteiger partial charge is 0.406 e. The van der Waals surface area contributed by atoms with Crippen LogP contribution in [0, 0.1) is 6.92 Å². The number of aryl methyl sites for hydroxylation is 1. The van der Waals surface area contributed by atoms with Crippen molar-refractivity contribution in [2.45, 2.75) is 51.2 Å². The molecule has 12 heteroatoms. The van der Waals surface area contributed by atoms with E-state index in [1.807, 2.05) is 6.92 Å². The summed E-state index contributed by atoms with van der Waals surface area (Å²) >= 11 is 7.65. The summed E-state index contributed by atoms with van der Waals surface area (Å²) < 4.78 is 46.8. The Labute approximate surface area is 217 Å². The third kappa shape index (κ3) is 5.29. The van der Waals surface area contributed by atoms with E-state index in [4.69, 9.17) is 16.3 Å². The molecule has 194 valence electrons. The highest BCUT2D eigenvalue weighted by Crippen LogP contribution is 2.42. The third-order valence-electron chi connectivity index (χ3n) is 6.15. The number of ether oxygens (including phenoxy) is 1. The third-order valence-corrected chi connectivity index (χ3v) is 7.51. The molecule has 1 aromatic carbocycles. The zero-order chi connectivity index (χ0) is 26.5. The van der Waals surface area contributed by atoms with E-state index >= 15 is 0 Å². The van der Waals surface area contributed by atoms with E-state index in [2.05, 4.69) is 4.98 Å². The van der Waals surface area contributed by atoms with Gasteiger partial charge in [-0.25, -0.2) is 4.79 Å². The summed E-state index contributed by atoms with van der Waals surface area (Å²) in [6.07, 6.45) is -1.56. The Morgan fingerprint density at radius 2 is 1.95 bits per heavy atom. The number of alkyl halides is 3. The molecule has 4 aromatic rings. The molecule has 1 N–H and O–H groups in total. The first kappa shape index (κ1) is 25.5. The first-order valence-electron chi connectivity index (χ1n) is 11.4. The van der Waals surface area contributed by atoms with Gasteiger partial charge in [0.15, 0.2) is 0 Å². The fourth-order valence-electron chi connectivity index (χ4n) is 4.34. The highest BCUT2D eigenvalue weighted by Gasteiger charge is 2.31. The van der Waals surface area contributed by atoms with Gasteiger partial charge in [-0.3, -0.25) is 18.9 Å². The van der Waals surface area contributed by atoms with Crippen molar-refractivity contribution in [2.75, 3.05) is 0 Å². The van der Waals surface area contributed by atoms with Gasteiger partial charge in [0.1, 0.15) is 18.4 Å². The van der Waals surface area contributed by atoms with E-state index in [0.29, 0.717) is 38.6 Å². The van der Waals surface area contributed by atoms with Crippen molar-refractivity contribution in [1.82, 2.24) is 14.1 Å². The Morgan fingerprint density at radius 1 is 1.19 bits per heavy atom. The van der Waals surface area contributed by atoms with E-state index in [1.165, 1.54) is 11.3 Å². The second-order valence-corrected chi connectivity index (χ2v) is 10.6. The van der Waals surface area contributed by atoms with Crippen LogP contribution in [0.25, 0.3) is 21.3 Å². The van der Waals surface area contributed by atoms with Gasteiger partial charge in [0.25, 0.3) is 5.56 Å². The highest BCUT2D eigenvalue weighted by atomic mass is 35.5. The Hall–Kier alpha value is -3.15. The molecule has 0 atom stereocenters. The van der Waals surface area contributed by atoms with Crippen LogP contribution >= 0.6 is 22.9 Å². The van der Waals surface area contributed by atoms with Crippen LogP contribution in [-0.2, 0) is 13.1 Å². The highest BCUT2D eigenvalue weighted by molar-refractivity contribution is 7.19. The van der Waals surface area contributed by atoms with Gasteiger partial charge in [0, 0.05) is 52.3 Å². The minimum absolute atomic E-state index is 0.117. The van der Waals surface area contributed by atoms with Crippen LogP contribution in [0.5, 0.6) is 5.75 Å². The molecule has 0 saturated heterocycles. The maximum absolute atomic E-state index is 12.9. The van der Waals surface area contributed by atoms with Crippen molar-refractivity contribution in [3.8, 4) is 16.9 Å². The van der Waals surface area contributed by atoms with Crippen LogP contribution in [0.4, 0.5) is 13.2 Å². The first-order chi connectivity index (χ1) is 17.5. The number of hydrogen-bond acceptors (Lipinski definition) is 6. The predicted molar refractivity (Wildman–Crippen MR) is 135 cm³/mol. The Kier molecular flexibility index (Phi) is 6.63. The fraction of sp³-hybridized carbons (Fsp3) is 0.320. The summed E-state index contributed by atoms with van der Waals surface area (Å²) in [6, 6.07) is 8.03. The number of fused-ring (bicyclic) bond motifs is 1. The number of aliphatic hydroxyl groups excluding tert-OH is 1. The molecule has 3 heterocycles. The number of hydrogen-bond donors (Lipinski definition) is 1. The standard InChI is InChI=1S/C25H21ClF3N3O4S/c1-13-6-14(26)7-19(22(13)36-16-8-15(33)9-16)18-2-4-30-20-10-17(37-23(18)20)11-32-21(34)3-5-31(24(32)35)12-25(27,28)29/h2-7,10,15-16,33H,8-9,11-12H2,1H3. The van der Waals surface area contributed by atoms with Crippen LogP contribution in [0.15, 0.2) is 52.3 Å². The van der Waals surface area contributed by atoms with Crippen LogP contribution < -0.4 is 16.0 Å². The molecule has 0 unspecified atom stereocenters. The SMILES string of the molecule is Cc1cc(Cl)cc(-c2ccnc3cc(Cn4c(=O)ccn(CC(F)(F)F)c4=O)sc23)c1OC1CC(O)C1. The van der Waals surface area contributed by atoms with Gasteiger partial charge in [0.05, 0.1) is 22.9 Å². The number of rotatable bonds is 6. The summed E-state index contributed by atoms with van der Waals surface area (Å²) in [5.74, 6) is 0.637. The largest absolute Gasteiger partial charge is 0.489 e. The molecule has 1 aliphatic carbocycles. The average molecular weight is 552 g/mol. The van der Waals surface area contributed by atoms with Crippen LogP contribution in [0.3, 0.4) is 0 Å². The van der Waals surface area contributed by atoms with Crippen LogP contribution in [-0.4, -0.2) is 37.6 Å². The zero-order valence-electron chi connectivity index (χ0n) is 19.5. The van der Waals surface area contributed by atoms with E-state index < -0.39 is 24.0 Å². The molecule has 1 aliphatic rings. The van der Waals surface area contributed by atoms with Gasteiger partial charge in [-0.05, 0) is 36.8 Å². The molecular formula is C25H21ClF3N3O4S. The average Bonchev–Trinajstić information content (AvgIpc) is 3.21. The molecule has 0 amide bonds. The lowest BCUT2D eigenvalue weighted by Crippen LogP contribution is -2.41. The molecule has 0 spiro atoms. The minimum Gasteiger partial charge on any atom is -0.489 e. The summed E-state index contributed by atoms with van der Waals surface area (Å²) in [5, 5.41) is 10.2. The van der Waals surface area contributed by atoms with Crippen molar-refractivity contribution in [2.24, 2.45) is 0 Å². The molecule has 37 heavy (non-hydrogen) atoms. The number of halogens is 4. The van der Waals surface area contributed by atoms with Crippen LogP contribution in [0.1, 0.15) is 23.3 Å². The molecule has 0 aliphatic heterocycles. The quantitative estimate of drug-likeness (QED) is 0.373. The molecular weight excluding hydrogens is 531 g/mol. The van der Waals surface area contributed by atoms with Gasteiger partial charge in [-0.1, -0.05) is 11.6 Å².